The predicted octanol–water partition coefficient (Wildman–Crippen LogP) is 0.0879. The van der Waals surface area contributed by atoms with E-state index in [9.17, 15) is 5.11 Å². The molecule has 0 spiro atoms. The van der Waals surface area contributed by atoms with Crippen LogP contribution in [0.25, 0.3) is 0 Å². The zero-order valence-electron chi connectivity index (χ0n) is 7.29. The number of nitrogens with zero attached hydrogens (tertiary/aromatic N) is 1. The Kier molecular flexibility index (Phi) is 3.30. The third-order valence-corrected chi connectivity index (χ3v) is 2.32. The highest BCUT2D eigenvalue weighted by atomic mass is 16.5. The number of hydrogen-bond acceptors (Lipinski definition) is 3. The van der Waals surface area contributed by atoms with Crippen LogP contribution in [-0.2, 0) is 4.74 Å². The number of morpholine rings is 1. The lowest BCUT2D eigenvalue weighted by Gasteiger charge is -2.33. The molecule has 2 atom stereocenters. The lowest BCUT2D eigenvalue weighted by molar-refractivity contribution is -0.0111. The van der Waals surface area contributed by atoms with Gasteiger partial charge in [0.1, 0.15) is 0 Å². The summed E-state index contributed by atoms with van der Waals surface area (Å²) in [7, 11) is 0. The first kappa shape index (κ1) is 8.97. The number of ether oxygens (including phenoxy) is 1. The second-order valence-electron chi connectivity index (χ2n) is 3.13. The first-order chi connectivity index (χ1) is 5.22. The van der Waals surface area contributed by atoms with Crippen molar-refractivity contribution < 1.29 is 9.84 Å². The van der Waals surface area contributed by atoms with Gasteiger partial charge < -0.3 is 9.84 Å². The maximum atomic E-state index is 9.29. The van der Waals surface area contributed by atoms with Gasteiger partial charge in [-0.2, -0.15) is 0 Å². The predicted molar refractivity (Wildman–Crippen MR) is 43.5 cm³/mol. The third kappa shape index (κ3) is 2.43. The summed E-state index contributed by atoms with van der Waals surface area (Å²) in [6.07, 6.45) is -0.243. The van der Waals surface area contributed by atoms with Gasteiger partial charge >= 0.3 is 0 Å². The Bertz CT molecular complexity index is 111. The van der Waals surface area contributed by atoms with E-state index in [0.717, 1.165) is 26.3 Å². The standard InChI is InChI=1S/C8H17NO2/c1-7(8(2)10)9-3-5-11-6-4-9/h7-8,10H,3-6H2,1-2H3/t7-,8+/m0/s1. The second kappa shape index (κ2) is 4.04. The minimum Gasteiger partial charge on any atom is -0.392 e. The van der Waals surface area contributed by atoms with Crippen molar-refractivity contribution in [1.82, 2.24) is 4.90 Å². The largest absolute Gasteiger partial charge is 0.392 e. The van der Waals surface area contributed by atoms with E-state index in [0.29, 0.717) is 0 Å². The van der Waals surface area contributed by atoms with E-state index >= 15 is 0 Å². The summed E-state index contributed by atoms with van der Waals surface area (Å²) in [6.45, 7) is 7.39. The average molecular weight is 159 g/mol. The van der Waals surface area contributed by atoms with Crippen LogP contribution >= 0.6 is 0 Å². The Hall–Kier alpha value is -0.120. The molecule has 1 N–H and O–H groups in total. The highest BCUT2D eigenvalue weighted by molar-refractivity contribution is 4.73. The Morgan fingerprint density at radius 3 is 2.27 bits per heavy atom. The monoisotopic (exact) mass is 159 g/mol. The Morgan fingerprint density at radius 1 is 1.27 bits per heavy atom. The third-order valence-electron chi connectivity index (χ3n) is 2.32. The Balaban J connectivity index is 2.32. The molecule has 1 aliphatic rings. The maximum Gasteiger partial charge on any atom is 0.0664 e. The maximum absolute atomic E-state index is 9.29. The lowest BCUT2D eigenvalue weighted by atomic mass is 10.2. The van der Waals surface area contributed by atoms with Gasteiger partial charge in [-0.15, -0.1) is 0 Å². The van der Waals surface area contributed by atoms with Crippen molar-refractivity contribution in [3.63, 3.8) is 0 Å². The number of aliphatic hydroxyl groups excluding tert-OH is 1. The smallest absolute Gasteiger partial charge is 0.0664 e. The molecule has 0 bridgehead atoms. The molecule has 66 valence electrons. The second-order valence-corrected chi connectivity index (χ2v) is 3.13. The number of hydrogen-bond donors (Lipinski definition) is 1. The van der Waals surface area contributed by atoms with Crippen molar-refractivity contribution in [2.24, 2.45) is 0 Å². The summed E-state index contributed by atoms with van der Waals surface area (Å²) in [5.74, 6) is 0. The van der Waals surface area contributed by atoms with Crippen molar-refractivity contribution in [3.05, 3.63) is 0 Å². The molecule has 0 unspecified atom stereocenters. The van der Waals surface area contributed by atoms with Gasteiger partial charge in [-0.05, 0) is 13.8 Å². The van der Waals surface area contributed by atoms with Gasteiger partial charge in [0.25, 0.3) is 0 Å². The van der Waals surface area contributed by atoms with Gasteiger partial charge in [0.05, 0.1) is 19.3 Å². The topological polar surface area (TPSA) is 32.7 Å². The molecule has 0 aromatic heterocycles. The summed E-state index contributed by atoms with van der Waals surface area (Å²) in [5.41, 5.74) is 0. The summed E-state index contributed by atoms with van der Waals surface area (Å²) in [4.78, 5) is 2.26. The molecule has 0 saturated carbocycles. The van der Waals surface area contributed by atoms with E-state index in [1.54, 1.807) is 0 Å². The Labute approximate surface area is 68.0 Å². The van der Waals surface area contributed by atoms with Crippen LogP contribution in [0, 0.1) is 0 Å². The molecule has 0 aliphatic carbocycles. The van der Waals surface area contributed by atoms with E-state index in [2.05, 4.69) is 11.8 Å². The van der Waals surface area contributed by atoms with E-state index in [-0.39, 0.29) is 12.1 Å². The van der Waals surface area contributed by atoms with E-state index in [1.165, 1.54) is 0 Å². The highest BCUT2D eigenvalue weighted by Gasteiger charge is 2.19. The summed E-state index contributed by atoms with van der Waals surface area (Å²) in [6, 6.07) is 0.263. The van der Waals surface area contributed by atoms with Gasteiger partial charge in [-0.1, -0.05) is 0 Å². The molecule has 0 aromatic rings. The molecule has 1 rings (SSSR count). The molecular formula is C8H17NO2. The minimum absolute atomic E-state index is 0.243. The van der Waals surface area contributed by atoms with E-state index in [4.69, 9.17) is 4.74 Å². The Morgan fingerprint density at radius 2 is 1.82 bits per heavy atom. The number of aliphatic hydroxyl groups is 1. The zero-order chi connectivity index (χ0) is 8.27. The van der Waals surface area contributed by atoms with Gasteiger partial charge in [-0.25, -0.2) is 0 Å². The average Bonchev–Trinajstić information content (AvgIpc) is 2.05. The molecule has 3 heteroatoms. The van der Waals surface area contributed by atoms with E-state index in [1.807, 2.05) is 6.92 Å². The van der Waals surface area contributed by atoms with Crippen LogP contribution in [0.2, 0.25) is 0 Å². The lowest BCUT2D eigenvalue weighted by Crippen LogP contribution is -2.46. The van der Waals surface area contributed by atoms with Crippen LogP contribution in [0.1, 0.15) is 13.8 Å². The first-order valence-corrected chi connectivity index (χ1v) is 4.21. The molecule has 1 aliphatic heterocycles. The first-order valence-electron chi connectivity index (χ1n) is 4.21. The molecular weight excluding hydrogens is 142 g/mol. The summed E-state index contributed by atoms with van der Waals surface area (Å²) in [5, 5.41) is 9.29. The van der Waals surface area contributed by atoms with Gasteiger partial charge in [0, 0.05) is 19.1 Å². The zero-order valence-corrected chi connectivity index (χ0v) is 7.29. The highest BCUT2D eigenvalue weighted by Crippen LogP contribution is 2.06. The van der Waals surface area contributed by atoms with Gasteiger partial charge in [0.2, 0.25) is 0 Å². The van der Waals surface area contributed by atoms with Crippen molar-refractivity contribution in [2.45, 2.75) is 26.0 Å². The fourth-order valence-corrected chi connectivity index (χ4v) is 1.29. The molecule has 0 aromatic carbocycles. The molecule has 3 nitrogen and oxygen atoms in total. The van der Waals surface area contributed by atoms with Crippen LogP contribution in [-0.4, -0.2) is 48.5 Å². The summed E-state index contributed by atoms with van der Waals surface area (Å²) < 4.78 is 5.21. The van der Waals surface area contributed by atoms with Crippen molar-refractivity contribution >= 4 is 0 Å². The fourth-order valence-electron chi connectivity index (χ4n) is 1.29. The van der Waals surface area contributed by atoms with Crippen LogP contribution in [0.3, 0.4) is 0 Å². The molecule has 0 radical (unpaired) electrons. The van der Waals surface area contributed by atoms with Gasteiger partial charge in [0.15, 0.2) is 0 Å². The van der Waals surface area contributed by atoms with Crippen LogP contribution in [0.5, 0.6) is 0 Å². The van der Waals surface area contributed by atoms with Crippen molar-refractivity contribution in [2.75, 3.05) is 26.3 Å². The SMILES string of the molecule is C[C@@H](O)[C@H](C)N1CCOCC1. The summed E-state index contributed by atoms with van der Waals surface area (Å²) >= 11 is 0. The quantitative estimate of drug-likeness (QED) is 0.619. The molecule has 0 amide bonds. The molecule has 11 heavy (non-hydrogen) atoms. The van der Waals surface area contributed by atoms with Crippen molar-refractivity contribution in [3.8, 4) is 0 Å². The number of rotatable bonds is 2. The van der Waals surface area contributed by atoms with Crippen LogP contribution in [0.4, 0.5) is 0 Å². The molecule has 1 saturated heterocycles. The molecule has 1 fully saturated rings. The van der Waals surface area contributed by atoms with Crippen LogP contribution < -0.4 is 0 Å². The van der Waals surface area contributed by atoms with Crippen LogP contribution in [0.15, 0.2) is 0 Å². The molecule has 1 heterocycles. The normalized spacial score (nSPS) is 26.5. The van der Waals surface area contributed by atoms with Gasteiger partial charge in [-0.3, -0.25) is 4.90 Å². The van der Waals surface area contributed by atoms with Crippen molar-refractivity contribution in [1.29, 1.82) is 0 Å². The van der Waals surface area contributed by atoms with E-state index < -0.39 is 0 Å². The minimum atomic E-state index is -0.243. The fraction of sp³-hybridized carbons (Fsp3) is 1.00.